The number of aromatic nitrogens is 2. The highest BCUT2D eigenvalue weighted by Gasteiger charge is 2.11. The summed E-state index contributed by atoms with van der Waals surface area (Å²) in [5, 5.41) is 21.2. The second-order valence-electron chi connectivity index (χ2n) is 5.54. The normalized spacial score (nSPS) is 10.6. The van der Waals surface area contributed by atoms with Crippen LogP contribution >= 0.6 is 46.3 Å². The predicted molar refractivity (Wildman–Crippen MR) is 113 cm³/mol. The summed E-state index contributed by atoms with van der Waals surface area (Å²) in [6.45, 7) is 0.196. The highest BCUT2D eigenvalue weighted by molar-refractivity contribution is 8.01. The molecule has 0 fully saturated rings. The van der Waals surface area contributed by atoms with Gasteiger partial charge in [-0.3, -0.25) is 4.79 Å². The summed E-state index contributed by atoms with van der Waals surface area (Å²) in [5.41, 5.74) is 0.674. The minimum atomic E-state index is -1.02. The SMILES string of the molecule is O=C(CSc1nnc(COc2ccc(Cl)cc2Cl)s1)Nc1ccc(C(=O)O)cc1. The highest BCUT2D eigenvalue weighted by Crippen LogP contribution is 2.29. The maximum absolute atomic E-state index is 12.0. The number of nitrogens with zero attached hydrogens (tertiary/aromatic N) is 2. The van der Waals surface area contributed by atoms with Crippen molar-refractivity contribution in [1.29, 1.82) is 0 Å². The summed E-state index contributed by atoms with van der Waals surface area (Å²) in [7, 11) is 0. The molecule has 1 aromatic heterocycles. The summed E-state index contributed by atoms with van der Waals surface area (Å²) in [6.07, 6.45) is 0. The van der Waals surface area contributed by atoms with Crippen LogP contribution in [-0.2, 0) is 11.4 Å². The minimum Gasteiger partial charge on any atom is -0.485 e. The van der Waals surface area contributed by atoms with Crippen molar-refractivity contribution in [3.05, 3.63) is 63.1 Å². The summed E-state index contributed by atoms with van der Waals surface area (Å²) < 4.78 is 6.24. The van der Waals surface area contributed by atoms with Crippen molar-refractivity contribution < 1.29 is 19.4 Å². The van der Waals surface area contributed by atoms with Crippen LogP contribution in [0.4, 0.5) is 5.69 Å². The van der Waals surface area contributed by atoms with E-state index in [4.69, 9.17) is 33.0 Å². The second kappa shape index (κ2) is 9.93. The van der Waals surface area contributed by atoms with Crippen molar-refractivity contribution in [2.24, 2.45) is 0 Å². The molecule has 1 amide bonds. The Hall–Kier alpha value is -2.33. The van der Waals surface area contributed by atoms with E-state index in [0.29, 0.717) is 30.8 Å². The van der Waals surface area contributed by atoms with Gasteiger partial charge in [-0.25, -0.2) is 4.79 Å². The third kappa shape index (κ3) is 6.33. The van der Waals surface area contributed by atoms with Gasteiger partial charge in [-0.2, -0.15) is 0 Å². The van der Waals surface area contributed by atoms with Crippen LogP contribution in [0.2, 0.25) is 10.0 Å². The number of hydrogen-bond acceptors (Lipinski definition) is 7. The molecule has 0 saturated carbocycles. The number of aromatic carboxylic acids is 1. The second-order valence-corrected chi connectivity index (χ2v) is 8.67. The van der Waals surface area contributed by atoms with Crippen LogP contribution in [0.15, 0.2) is 46.8 Å². The molecule has 150 valence electrons. The lowest BCUT2D eigenvalue weighted by Gasteiger charge is -2.05. The fraction of sp³-hybridized carbons (Fsp3) is 0.111. The number of carbonyl (C=O) groups excluding carboxylic acids is 1. The molecule has 0 spiro atoms. The summed E-state index contributed by atoms with van der Waals surface area (Å²) in [4.78, 5) is 22.9. The number of nitrogens with one attached hydrogen (secondary N) is 1. The molecular formula is C18H13Cl2N3O4S2. The number of halogens is 2. The van der Waals surface area contributed by atoms with Crippen LogP contribution in [0.5, 0.6) is 5.75 Å². The fourth-order valence-electron chi connectivity index (χ4n) is 2.11. The van der Waals surface area contributed by atoms with Crippen molar-refractivity contribution in [2.75, 3.05) is 11.1 Å². The van der Waals surface area contributed by atoms with E-state index < -0.39 is 5.97 Å². The molecule has 1 heterocycles. The minimum absolute atomic E-state index is 0.138. The Kier molecular flexibility index (Phi) is 7.32. The molecule has 0 saturated heterocycles. The number of carboxylic acids is 1. The molecule has 0 bridgehead atoms. The number of carbonyl (C=O) groups is 2. The first-order valence-corrected chi connectivity index (χ1v) is 10.6. The number of rotatable bonds is 8. The van der Waals surface area contributed by atoms with E-state index in [-0.39, 0.29) is 23.8 Å². The van der Waals surface area contributed by atoms with Crippen LogP contribution < -0.4 is 10.1 Å². The maximum atomic E-state index is 12.0. The van der Waals surface area contributed by atoms with Crippen LogP contribution in [0.25, 0.3) is 0 Å². The maximum Gasteiger partial charge on any atom is 0.335 e. The zero-order valence-corrected chi connectivity index (χ0v) is 17.7. The van der Waals surface area contributed by atoms with Gasteiger partial charge >= 0.3 is 5.97 Å². The quantitative estimate of drug-likeness (QED) is 0.454. The smallest absolute Gasteiger partial charge is 0.335 e. The molecular weight excluding hydrogens is 457 g/mol. The van der Waals surface area contributed by atoms with Crippen molar-refractivity contribution in [3.63, 3.8) is 0 Å². The Labute approximate surface area is 184 Å². The van der Waals surface area contributed by atoms with E-state index in [1.165, 1.54) is 47.4 Å². The number of amides is 1. The highest BCUT2D eigenvalue weighted by atomic mass is 35.5. The zero-order valence-electron chi connectivity index (χ0n) is 14.6. The van der Waals surface area contributed by atoms with Gasteiger partial charge < -0.3 is 15.2 Å². The molecule has 0 unspecified atom stereocenters. The number of thioether (sulfide) groups is 1. The Morgan fingerprint density at radius 3 is 2.59 bits per heavy atom. The summed E-state index contributed by atoms with van der Waals surface area (Å²) in [6, 6.07) is 10.9. The van der Waals surface area contributed by atoms with Gasteiger partial charge in [0, 0.05) is 10.7 Å². The van der Waals surface area contributed by atoms with E-state index in [9.17, 15) is 9.59 Å². The van der Waals surface area contributed by atoms with Gasteiger partial charge in [0.1, 0.15) is 12.4 Å². The van der Waals surface area contributed by atoms with Gasteiger partial charge in [-0.1, -0.05) is 46.3 Å². The van der Waals surface area contributed by atoms with E-state index in [1.807, 2.05) is 0 Å². The third-order valence-electron chi connectivity index (χ3n) is 3.44. The van der Waals surface area contributed by atoms with Gasteiger partial charge in [0.2, 0.25) is 5.91 Å². The molecule has 0 aliphatic carbocycles. The van der Waals surface area contributed by atoms with Gasteiger partial charge in [0.05, 0.1) is 16.3 Å². The topological polar surface area (TPSA) is 101 Å². The number of carboxylic acid groups (broad SMARTS) is 1. The van der Waals surface area contributed by atoms with Crippen LogP contribution in [0, 0.1) is 0 Å². The molecule has 2 aromatic carbocycles. The van der Waals surface area contributed by atoms with Crippen molar-refractivity contribution >= 4 is 63.9 Å². The average molecular weight is 470 g/mol. The van der Waals surface area contributed by atoms with Crippen LogP contribution in [0.1, 0.15) is 15.4 Å². The average Bonchev–Trinajstić information content (AvgIpc) is 3.14. The molecule has 0 atom stereocenters. The standard InChI is InChI=1S/C18H13Cl2N3O4S2/c19-11-3-6-14(13(20)7-11)27-8-16-22-23-18(29-16)28-9-15(24)21-12-4-1-10(2-5-12)17(25)26/h1-7H,8-9H2,(H,21,24)(H,25,26). The molecule has 11 heteroatoms. The van der Waals surface area contributed by atoms with E-state index in [1.54, 1.807) is 18.2 Å². The number of ether oxygens (including phenoxy) is 1. The molecule has 3 rings (SSSR count). The van der Waals surface area contributed by atoms with E-state index in [0.717, 1.165) is 0 Å². The first kappa shape index (κ1) is 21.4. The van der Waals surface area contributed by atoms with Crippen LogP contribution in [-0.4, -0.2) is 32.9 Å². The number of anilines is 1. The van der Waals surface area contributed by atoms with E-state index >= 15 is 0 Å². The lowest BCUT2D eigenvalue weighted by atomic mass is 10.2. The van der Waals surface area contributed by atoms with Gasteiger partial charge in [-0.05, 0) is 42.5 Å². The molecule has 29 heavy (non-hydrogen) atoms. The van der Waals surface area contributed by atoms with Crippen LogP contribution in [0.3, 0.4) is 0 Å². The Balaban J connectivity index is 1.47. The summed E-state index contributed by atoms with van der Waals surface area (Å²) in [5.74, 6) is -0.625. The molecule has 2 N–H and O–H groups in total. The first-order valence-electron chi connectivity index (χ1n) is 8.07. The molecule has 7 nitrogen and oxygen atoms in total. The summed E-state index contributed by atoms with van der Waals surface area (Å²) >= 11 is 14.5. The Bertz CT molecular complexity index is 1030. The first-order chi connectivity index (χ1) is 13.9. The van der Waals surface area contributed by atoms with Gasteiger partial charge in [0.15, 0.2) is 9.35 Å². The van der Waals surface area contributed by atoms with Gasteiger partial charge in [-0.15, -0.1) is 10.2 Å². The number of benzene rings is 2. The van der Waals surface area contributed by atoms with Gasteiger partial charge in [0.25, 0.3) is 0 Å². The molecule has 3 aromatic rings. The zero-order chi connectivity index (χ0) is 20.8. The Morgan fingerprint density at radius 1 is 1.14 bits per heavy atom. The molecule has 0 aliphatic rings. The lowest BCUT2D eigenvalue weighted by molar-refractivity contribution is -0.113. The fourth-order valence-corrected chi connectivity index (χ4v) is 4.18. The third-order valence-corrected chi connectivity index (χ3v) is 6.00. The lowest BCUT2D eigenvalue weighted by Crippen LogP contribution is -2.14. The largest absolute Gasteiger partial charge is 0.485 e. The van der Waals surface area contributed by atoms with Crippen molar-refractivity contribution in [2.45, 2.75) is 10.9 Å². The monoisotopic (exact) mass is 469 g/mol. The molecule has 0 aliphatic heterocycles. The Morgan fingerprint density at radius 2 is 1.90 bits per heavy atom. The van der Waals surface area contributed by atoms with Crippen molar-refractivity contribution in [3.8, 4) is 5.75 Å². The molecule has 0 radical (unpaired) electrons. The predicted octanol–water partition coefficient (Wildman–Crippen LogP) is 4.85. The van der Waals surface area contributed by atoms with E-state index in [2.05, 4.69) is 15.5 Å². The number of hydrogen-bond donors (Lipinski definition) is 2. The van der Waals surface area contributed by atoms with Crippen molar-refractivity contribution in [1.82, 2.24) is 10.2 Å².